The van der Waals surface area contributed by atoms with Crippen molar-refractivity contribution >= 4 is 5.91 Å². The number of carbonyl (C=O) groups excluding carboxylic acids is 1. The number of aryl methyl sites for hydroxylation is 1. The van der Waals surface area contributed by atoms with Gasteiger partial charge in [0.2, 0.25) is 5.91 Å². The number of hydrogen-bond acceptors (Lipinski definition) is 3. The van der Waals surface area contributed by atoms with Crippen molar-refractivity contribution in [2.75, 3.05) is 26.2 Å². The molecule has 1 amide bonds. The summed E-state index contributed by atoms with van der Waals surface area (Å²) in [7, 11) is 0. The second-order valence-electron chi connectivity index (χ2n) is 5.69. The van der Waals surface area contributed by atoms with Gasteiger partial charge >= 0.3 is 0 Å². The minimum atomic E-state index is 0.0856. The Morgan fingerprint density at radius 2 is 2.19 bits per heavy atom. The molecule has 0 spiro atoms. The van der Waals surface area contributed by atoms with Gasteiger partial charge in [-0.15, -0.1) is 0 Å². The Labute approximate surface area is 127 Å². The van der Waals surface area contributed by atoms with Crippen molar-refractivity contribution in [1.29, 1.82) is 0 Å². The Morgan fingerprint density at radius 3 is 2.95 bits per heavy atom. The molecule has 4 nitrogen and oxygen atoms in total. The van der Waals surface area contributed by atoms with Gasteiger partial charge in [0.1, 0.15) is 0 Å². The summed E-state index contributed by atoms with van der Waals surface area (Å²) in [5.41, 5.74) is 2.26. The molecule has 2 N–H and O–H groups in total. The first-order valence-electron chi connectivity index (χ1n) is 7.88. The average molecular weight is 290 g/mol. The minimum absolute atomic E-state index is 0.0856. The molecule has 2 rings (SSSR count). The largest absolute Gasteiger partial charge is 0.378 e. The summed E-state index contributed by atoms with van der Waals surface area (Å²) in [5.74, 6) is 0.0856. The lowest BCUT2D eigenvalue weighted by atomic mass is 10.1. The highest BCUT2D eigenvalue weighted by molar-refractivity contribution is 5.78. The fourth-order valence-electron chi connectivity index (χ4n) is 2.58. The molecule has 0 unspecified atom stereocenters. The maximum Gasteiger partial charge on any atom is 0.224 e. The third-order valence-corrected chi connectivity index (χ3v) is 3.73. The van der Waals surface area contributed by atoms with Gasteiger partial charge in [-0.2, -0.15) is 0 Å². The van der Waals surface area contributed by atoms with E-state index in [1.807, 2.05) is 25.1 Å². The highest BCUT2D eigenvalue weighted by Gasteiger charge is 2.12. The van der Waals surface area contributed by atoms with Crippen LogP contribution in [-0.2, 0) is 16.0 Å². The predicted molar refractivity (Wildman–Crippen MR) is 84.4 cm³/mol. The molecule has 1 aliphatic heterocycles. The van der Waals surface area contributed by atoms with Gasteiger partial charge < -0.3 is 15.4 Å². The molecule has 4 heteroatoms. The van der Waals surface area contributed by atoms with Gasteiger partial charge in [0, 0.05) is 13.2 Å². The van der Waals surface area contributed by atoms with E-state index in [1.165, 1.54) is 5.56 Å². The SMILES string of the molecule is Cc1cccc(CC(=O)NCCCOC2CCNCC2)c1. The van der Waals surface area contributed by atoms with Gasteiger partial charge in [-0.3, -0.25) is 4.79 Å². The number of ether oxygens (including phenoxy) is 1. The van der Waals surface area contributed by atoms with E-state index in [2.05, 4.69) is 16.7 Å². The smallest absolute Gasteiger partial charge is 0.224 e. The molecule has 0 atom stereocenters. The second kappa shape index (κ2) is 8.80. The van der Waals surface area contributed by atoms with E-state index >= 15 is 0 Å². The van der Waals surface area contributed by atoms with Crippen LogP contribution < -0.4 is 10.6 Å². The molecule has 1 aromatic carbocycles. The molecule has 1 heterocycles. The van der Waals surface area contributed by atoms with Crippen LogP contribution in [0.3, 0.4) is 0 Å². The van der Waals surface area contributed by atoms with E-state index in [4.69, 9.17) is 4.74 Å². The highest BCUT2D eigenvalue weighted by atomic mass is 16.5. The lowest BCUT2D eigenvalue weighted by Crippen LogP contribution is -2.33. The van der Waals surface area contributed by atoms with Crippen LogP contribution in [0.5, 0.6) is 0 Å². The van der Waals surface area contributed by atoms with Gasteiger partial charge in [0.15, 0.2) is 0 Å². The van der Waals surface area contributed by atoms with Crippen LogP contribution in [0.15, 0.2) is 24.3 Å². The lowest BCUT2D eigenvalue weighted by molar-refractivity contribution is -0.120. The van der Waals surface area contributed by atoms with Crippen LogP contribution in [-0.4, -0.2) is 38.3 Å². The third kappa shape index (κ3) is 6.27. The molecule has 0 aliphatic carbocycles. The van der Waals surface area contributed by atoms with E-state index in [-0.39, 0.29) is 5.91 Å². The van der Waals surface area contributed by atoms with E-state index in [9.17, 15) is 4.79 Å². The van der Waals surface area contributed by atoms with Crippen molar-refractivity contribution in [1.82, 2.24) is 10.6 Å². The minimum Gasteiger partial charge on any atom is -0.378 e. The zero-order chi connectivity index (χ0) is 14.9. The topological polar surface area (TPSA) is 50.4 Å². The Morgan fingerprint density at radius 1 is 1.38 bits per heavy atom. The molecular weight excluding hydrogens is 264 g/mol. The first kappa shape index (κ1) is 16.0. The predicted octanol–water partition coefficient (Wildman–Crippen LogP) is 1.81. The van der Waals surface area contributed by atoms with Gasteiger partial charge in [-0.05, 0) is 44.8 Å². The molecule has 0 bridgehead atoms. The summed E-state index contributed by atoms with van der Waals surface area (Å²) < 4.78 is 5.81. The van der Waals surface area contributed by atoms with E-state index in [0.717, 1.165) is 44.5 Å². The van der Waals surface area contributed by atoms with Gasteiger partial charge in [-0.1, -0.05) is 29.8 Å². The van der Waals surface area contributed by atoms with Crippen LogP contribution in [0, 0.1) is 6.92 Å². The van der Waals surface area contributed by atoms with E-state index in [0.29, 0.717) is 19.1 Å². The van der Waals surface area contributed by atoms with Crippen molar-refractivity contribution in [2.45, 2.75) is 38.7 Å². The fraction of sp³-hybridized carbons (Fsp3) is 0.588. The molecule has 1 aromatic rings. The van der Waals surface area contributed by atoms with Crippen molar-refractivity contribution in [3.63, 3.8) is 0 Å². The number of carbonyl (C=O) groups is 1. The monoisotopic (exact) mass is 290 g/mol. The van der Waals surface area contributed by atoms with Gasteiger partial charge in [0.25, 0.3) is 0 Å². The standard InChI is InChI=1S/C17H26N2O2/c1-14-4-2-5-15(12-14)13-17(20)19-8-3-11-21-16-6-9-18-10-7-16/h2,4-5,12,16,18H,3,6-11,13H2,1H3,(H,19,20). The number of amides is 1. The van der Waals surface area contributed by atoms with Crippen molar-refractivity contribution in [3.8, 4) is 0 Å². The van der Waals surface area contributed by atoms with Crippen LogP contribution in [0.4, 0.5) is 0 Å². The van der Waals surface area contributed by atoms with Crippen LogP contribution in [0.25, 0.3) is 0 Å². The summed E-state index contributed by atoms with van der Waals surface area (Å²) in [6.07, 6.45) is 3.92. The summed E-state index contributed by atoms with van der Waals surface area (Å²) >= 11 is 0. The van der Waals surface area contributed by atoms with E-state index < -0.39 is 0 Å². The number of hydrogen-bond donors (Lipinski definition) is 2. The Balaban J connectivity index is 1.54. The second-order valence-corrected chi connectivity index (χ2v) is 5.69. The van der Waals surface area contributed by atoms with Crippen LogP contribution >= 0.6 is 0 Å². The molecule has 21 heavy (non-hydrogen) atoms. The molecular formula is C17H26N2O2. The average Bonchev–Trinajstić information content (AvgIpc) is 2.48. The maximum atomic E-state index is 11.8. The van der Waals surface area contributed by atoms with E-state index in [1.54, 1.807) is 0 Å². The highest BCUT2D eigenvalue weighted by Crippen LogP contribution is 2.07. The van der Waals surface area contributed by atoms with Crippen molar-refractivity contribution < 1.29 is 9.53 Å². The van der Waals surface area contributed by atoms with Crippen molar-refractivity contribution in [2.24, 2.45) is 0 Å². The zero-order valence-corrected chi connectivity index (χ0v) is 12.9. The van der Waals surface area contributed by atoms with Crippen LogP contribution in [0.1, 0.15) is 30.4 Å². The Bertz CT molecular complexity index is 442. The molecule has 116 valence electrons. The normalized spacial score (nSPS) is 15.9. The number of rotatable bonds is 7. The number of piperidine rings is 1. The molecule has 0 saturated carbocycles. The zero-order valence-electron chi connectivity index (χ0n) is 12.9. The first-order chi connectivity index (χ1) is 10.2. The summed E-state index contributed by atoms with van der Waals surface area (Å²) in [6.45, 7) is 5.57. The van der Waals surface area contributed by atoms with Crippen molar-refractivity contribution in [3.05, 3.63) is 35.4 Å². The lowest BCUT2D eigenvalue weighted by Gasteiger charge is -2.22. The summed E-state index contributed by atoms with van der Waals surface area (Å²) in [6, 6.07) is 8.08. The molecule has 1 aliphatic rings. The molecule has 1 fully saturated rings. The Kier molecular flexibility index (Phi) is 6.70. The molecule has 0 radical (unpaired) electrons. The summed E-state index contributed by atoms with van der Waals surface area (Å²) in [5, 5.41) is 6.28. The molecule has 0 aromatic heterocycles. The number of benzene rings is 1. The third-order valence-electron chi connectivity index (χ3n) is 3.73. The van der Waals surface area contributed by atoms with Crippen LogP contribution in [0.2, 0.25) is 0 Å². The quantitative estimate of drug-likeness (QED) is 0.753. The van der Waals surface area contributed by atoms with Gasteiger partial charge in [-0.25, -0.2) is 0 Å². The first-order valence-corrected chi connectivity index (χ1v) is 7.88. The molecule has 1 saturated heterocycles. The Hall–Kier alpha value is -1.39. The van der Waals surface area contributed by atoms with Gasteiger partial charge in [0.05, 0.1) is 12.5 Å². The fourth-order valence-corrected chi connectivity index (χ4v) is 2.58. The number of nitrogens with one attached hydrogen (secondary N) is 2. The maximum absolute atomic E-state index is 11.8. The summed E-state index contributed by atoms with van der Waals surface area (Å²) in [4.78, 5) is 11.8.